The predicted molar refractivity (Wildman–Crippen MR) is 164 cm³/mol. The Hall–Kier alpha value is -4.58. The quantitative estimate of drug-likeness (QED) is 0.382. The number of nitrogens with zero attached hydrogens (tertiary/aromatic N) is 2. The molecule has 2 aromatic carbocycles. The molecule has 0 aliphatic carbocycles. The van der Waals surface area contributed by atoms with E-state index in [1.165, 1.54) is 6.07 Å². The van der Waals surface area contributed by atoms with Crippen molar-refractivity contribution in [3.05, 3.63) is 64.7 Å². The van der Waals surface area contributed by atoms with E-state index in [-0.39, 0.29) is 54.1 Å². The van der Waals surface area contributed by atoms with Gasteiger partial charge in [-0.15, -0.1) is 0 Å². The van der Waals surface area contributed by atoms with Gasteiger partial charge in [-0.25, -0.2) is 4.79 Å². The van der Waals surface area contributed by atoms with Crippen molar-refractivity contribution in [1.29, 1.82) is 0 Å². The van der Waals surface area contributed by atoms with E-state index in [1.807, 2.05) is 45.0 Å². The van der Waals surface area contributed by atoms with Crippen LogP contribution in [0.3, 0.4) is 0 Å². The molecule has 1 atom stereocenters. The molecule has 6 amide bonds. The Labute approximate surface area is 261 Å². The Morgan fingerprint density at radius 3 is 2.29 bits per heavy atom. The summed E-state index contributed by atoms with van der Waals surface area (Å²) in [7, 11) is 0. The molecule has 2 aromatic rings. The molecule has 0 bridgehead atoms. The molecule has 238 valence electrons. The highest BCUT2D eigenvalue weighted by atomic mass is 16.6. The molecule has 0 saturated carbocycles. The summed E-state index contributed by atoms with van der Waals surface area (Å²) in [5.74, 6) is -2.78. The number of carbonyl (C=O) groups excluding carboxylic acids is 6. The molecule has 2 fully saturated rings. The summed E-state index contributed by atoms with van der Waals surface area (Å²) in [4.78, 5) is 78.5. The lowest BCUT2D eigenvalue weighted by Gasteiger charge is -2.32. The Morgan fingerprint density at radius 2 is 1.62 bits per heavy atom. The number of nitrogens with one attached hydrogen (secondary N) is 3. The lowest BCUT2D eigenvalue weighted by molar-refractivity contribution is -0.136. The average molecular weight is 618 g/mol. The molecule has 0 radical (unpaired) electrons. The Kier molecular flexibility index (Phi) is 9.33. The number of imide groups is 2. The first kappa shape index (κ1) is 31.8. The van der Waals surface area contributed by atoms with E-state index in [0.29, 0.717) is 0 Å². The molecule has 0 aromatic heterocycles. The molecule has 5 rings (SSSR count). The Morgan fingerprint density at radius 1 is 0.933 bits per heavy atom. The van der Waals surface area contributed by atoms with Gasteiger partial charge >= 0.3 is 6.09 Å². The molecular formula is C33H39N5O7. The molecule has 3 aliphatic heterocycles. The van der Waals surface area contributed by atoms with Gasteiger partial charge in [0, 0.05) is 32.1 Å². The molecule has 12 nitrogen and oxygen atoms in total. The summed E-state index contributed by atoms with van der Waals surface area (Å²) in [5, 5.41) is 7.90. The van der Waals surface area contributed by atoms with Gasteiger partial charge in [-0.05, 0) is 69.7 Å². The summed E-state index contributed by atoms with van der Waals surface area (Å²) >= 11 is 0. The van der Waals surface area contributed by atoms with E-state index >= 15 is 0 Å². The third kappa shape index (κ3) is 7.75. The van der Waals surface area contributed by atoms with Gasteiger partial charge in [0.1, 0.15) is 11.6 Å². The second-order valence-electron chi connectivity index (χ2n) is 12.7. The number of anilines is 1. The van der Waals surface area contributed by atoms with Crippen LogP contribution in [0.4, 0.5) is 10.5 Å². The van der Waals surface area contributed by atoms with Gasteiger partial charge in [0.05, 0.1) is 23.2 Å². The molecule has 45 heavy (non-hydrogen) atoms. The van der Waals surface area contributed by atoms with Crippen molar-refractivity contribution in [2.75, 3.05) is 25.0 Å². The van der Waals surface area contributed by atoms with Crippen molar-refractivity contribution in [2.45, 2.75) is 77.0 Å². The van der Waals surface area contributed by atoms with Gasteiger partial charge in [0.2, 0.25) is 17.7 Å². The first-order valence-corrected chi connectivity index (χ1v) is 15.3. The molecule has 12 heteroatoms. The van der Waals surface area contributed by atoms with Gasteiger partial charge in [-0.1, -0.05) is 30.3 Å². The molecular weight excluding hydrogens is 578 g/mol. The summed E-state index contributed by atoms with van der Waals surface area (Å²) < 4.78 is 5.36. The minimum Gasteiger partial charge on any atom is -0.444 e. The van der Waals surface area contributed by atoms with Crippen molar-refractivity contribution >= 4 is 41.3 Å². The monoisotopic (exact) mass is 617 g/mol. The van der Waals surface area contributed by atoms with Crippen molar-refractivity contribution < 1.29 is 33.5 Å². The van der Waals surface area contributed by atoms with Crippen molar-refractivity contribution in [2.24, 2.45) is 0 Å². The zero-order chi connectivity index (χ0) is 32.3. The molecule has 3 aliphatic rings. The van der Waals surface area contributed by atoms with E-state index in [4.69, 9.17) is 4.74 Å². The summed E-state index contributed by atoms with van der Waals surface area (Å²) in [6.07, 6.45) is 2.37. The number of hydrogen-bond acceptors (Lipinski definition) is 8. The number of alkyl carbamates (subject to hydrolysis) is 1. The standard InChI is InChI=1S/C33H39N5O7/c1-33(2,3)45-32(44)34-22-14-17-37(18-15-22)16-13-20-7-9-21(10-8-20)19-27(40)35-24-6-4-5-23-28(24)31(43)38(30(23)42)25-11-12-26(39)36-29(25)41/h4-10,22,25H,11-19H2,1-3H3,(H,34,44)(H,35,40)(H,36,39,41). The fraction of sp³-hybridized carbons (Fsp3) is 0.455. The second-order valence-corrected chi connectivity index (χ2v) is 12.7. The smallest absolute Gasteiger partial charge is 0.407 e. The average Bonchev–Trinajstić information content (AvgIpc) is 3.22. The maximum absolute atomic E-state index is 13.3. The van der Waals surface area contributed by atoms with Crippen LogP contribution >= 0.6 is 0 Å². The van der Waals surface area contributed by atoms with Crippen LogP contribution in [0.25, 0.3) is 0 Å². The minimum absolute atomic E-state index is 0.0277. The largest absolute Gasteiger partial charge is 0.444 e. The molecule has 2 saturated heterocycles. The van der Waals surface area contributed by atoms with E-state index in [1.54, 1.807) is 12.1 Å². The van der Waals surface area contributed by atoms with Crippen molar-refractivity contribution in [3.63, 3.8) is 0 Å². The Bertz CT molecular complexity index is 1510. The van der Waals surface area contributed by atoms with Crippen LogP contribution in [-0.4, -0.2) is 82.7 Å². The molecule has 0 spiro atoms. The summed E-state index contributed by atoms with van der Waals surface area (Å²) in [6, 6.07) is 11.4. The summed E-state index contributed by atoms with van der Waals surface area (Å²) in [5.41, 5.74) is 1.78. The van der Waals surface area contributed by atoms with E-state index < -0.39 is 35.3 Å². The van der Waals surface area contributed by atoms with E-state index in [0.717, 1.165) is 54.9 Å². The normalized spacial score (nSPS) is 19.3. The van der Waals surface area contributed by atoms with Crippen LogP contribution in [-0.2, 0) is 32.0 Å². The fourth-order valence-electron chi connectivity index (χ4n) is 5.89. The van der Waals surface area contributed by atoms with E-state index in [2.05, 4.69) is 20.9 Å². The number of ether oxygens (including phenoxy) is 1. The van der Waals surface area contributed by atoms with Gasteiger partial charge in [0.25, 0.3) is 11.8 Å². The highest BCUT2D eigenvalue weighted by Gasteiger charge is 2.45. The van der Waals surface area contributed by atoms with E-state index in [9.17, 15) is 28.8 Å². The number of fused-ring (bicyclic) bond motifs is 1. The van der Waals surface area contributed by atoms with Crippen LogP contribution in [0.5, 0.6) is 0 Å². The highest BCUT2D eigenvalue weighted by molar-refractivity contribution is 6.26. The topological polar surface area (TPSA) is 154 Å². The maximum atomic E-state index is 13.3. The van der Waals surface area contributed by atoms with Crippen LogP contribution in [0.15, 0.2) is 42.5 Å². The lowest BCUT2D eigenvalue weighted by Crippen LogP contribution is -2.54. The van der Waals surface area contributed by atoms with Gasteiger partial charge in [0.15, 0.2) is 0 Å². The molecule has 3 N–H and O–H groups in total. The number of hydrogen-bond donors (Lipinski definition) is 3. The van der Waals surface area contributed by atoms with Crippen LogP contribution in [0.2, 0.25) is 0 Å². The summed E-state index contributed by atoms with van der Waals surface area (Å²) in [6.45, 7) is 8.21. The van der Waals surface area contributed by atoms with Gasteiger partial charge in [-0.2, -0.15) is 0 Å². The van der Waals surface area contributed by atoms with Gasteiger partial charge in [-0.3, -0.25) is 34.2 Å². The third-order valence-electron chi connectivity index (χ3n) is 8.15. The molecule has 3 heterocycles. The zero-order valence-corrected chi connectivity index (χ0v) is 25.8. The van der Waals surface area contributed by atoms with Crippen LogP contribution in [0.1, 0.15) is 78.3 Å². The number of benzene rings is 2. The zero-order valence-electron chi connectivity index (χ0n) is 25.8. The minimum atomic E-state index is -1.08. The lowest BCUT2D eigenvalue weighted by atomic mass is 10.0. The van der Waals surface area contributed by atoms with Crippen LogP contribution < -0.4 is 16.0 Å². The molecule has 1 unspecified atom stereocenters. The number of carbonyl (C=O) groups is 6. The third-order valence-corrected chi connectivity index (χ3v) is 8.15. The van der Waals surface area contributed by atoms with Crippen LogP contribution in [0, 0.1) is 0 Å². The predicted octanol–water partition coefficient (Wildman–Crippen LogP) is 2.80. The first-order valence-electron chi connectivity index (χ1n) is 15.3. The van der Waals surface area contributed by atoms with Crippen molar-refractivity contribution in [3.8, 4) is 0 Å². The SMILES string of the molecule is CC(C)(C)OC(=O)NC1CCN(CCc2ccc(CC(=O)Nc3cccc4c3C(=O)N(C3CCC(=O)NC3=O)C4=O)cc2)CC1. The number of likely N-dealkylation sites (tertiary alicyclic amines) is 1. The second kappa shape index (κ2) is 13.2. The first-order chi connectivity index (χ1) is 21.4. The number of amides is 6. The fourth-order valence-corrected chi connectivity index (χ4v) is 5.89. The number of piperidine rings is 2. The number of rotatable bonds is 8. The van der Waals surface area contributed by atoms with Crippen molar-refractivity contribution in [1.82, 2.24) is 20.4 Å². The maximum Gasteiger partial charge on any atom is 0.407 e. The highest BCUT2D eigenvalue weighted by Crippen LogP contribution is 2.32. The Balaban J connectivity index is 1.10. The van der Waals surface area contributed by atoms with Gasteiger partial charge < -0.3 is 20.3 Å².